The fraction of sp³-hybridized carbons (Fsp3) is 0.320. The lowest BCUT2D eigenvalue weighted by atomic mass is 10.1. The highest BCUT2D eigenvalue weighted by Crippen LogP contribution is 2.39. The van der Waals surface area contributed by atoms with Crippen molar-refractivity contribution in [1.29, 1.82) is 0 Å². The zero-order valence-corrected chi connectivity index (χ0v) is 20.6. The van der Waals surface area contributed by atoms with Crippen molar-refractivity contribution >= 4 is 23.6 Å². The Hall–Kier alpha value is -3.53. The van der Waals surface area contributed by atoms with Crippen LogP contribution in [0.3, 0.4) is 0 Å². The highest BCUT2D eigenvalue weighted by Gasteiger charge is 2.38. The molecule has 4 rings (SSSR count). The minimum atomic E-state index is -4.60. The van der Waals surface area contributed by atoms with Crippen molar-refractivity contribution < 1.29 is 27.9 Å². The number of fused-ring (bicyclic) bond motifs is 1. The summed E-state index contributed by atoms with van der Waals surface area (Å²) in [4.78, 5) is 27.2. The van der Waals surface area contributed by atoms with E-state index in [4.69, 9.17) is 11.6 Å². The van der Waals surface area contributed by atoms with Gasteiger partial charge in [-0.1, -0.05) is 35.9 Å². The fourth-order valence-electron chi connectivity index (χ4n) is 4.20. The van der Waals surface area contributed by atoms with Gasteiger partial charge in [0.25, 0.3) is 0 Å². The molecular weight excluding hydrogens is 497 g/mol. The number of carbonyl (C=O) groups excluding carboxylic acids is 1. The summed E-state index contributed by atoms with van der Waals surface area (Å²) < 4.78 is 42.7. The van der Waals surface area contributed by atoms with Crippen molar-refractivity contribution in [1.82, 2.24) is 19.6 Å². The summed E-state index contributed by atoms with van der Waals surface area (Å²) in [6.07, 6.45) is -5.82. The molecule has 0 fully saturated rings. The van der Waals surface area contributed by atoms with Gasteiger partial charge in [0.05, 0.1) is 35.7 Å². The Kier molecular flexibility index (Phi) is 6.51. The zero-order chi connectivity index (χ0) is 26.4. The lowest BCUT2D eigenvalue weighted by molar-refractivity contribution is -0.137. The van der Waals surface area contributed by atoms with Crippen molar-refractivity contribution in [2.45, 2.75) is 45.6 Å². The number of aromatic nitrogens is 2. The first kappa shape index (κ1) is 25.6. The van der Waals surface area contributed by atoms with Crippen LogP contribution in [0, 0.1) is 0 Å². The van der Waals surface area contributed by atoms with Crippen molar-refractivity contribution in [3.05, 3.63) is 70.4 Å². The van der Waals surface area contributed by atoms with Crippen LogP contribution in [0.4, 0.5) is 18.0 Å². The van der Waals surface area contributed by atoms with E-state index in [1.807, 2.05) is 0 Å². The van der Waals surface area contributed by atoms with Crippen LogP contribution in [0.1, 0.15) is 37.6 Å². The highest BCUT2D eigenvalue weighted by atomic mass is 35.5. The van der Waals surface area contributed by atoms with E-state index in [2.05, 4.69) is 5.10 Å². The van der Waals surface area contributed by atoms with Crippen LogP contribution >= 0.6 is 11.6 Å². The molecule has 36 heavy (non-hydrogen) atoms. The van der Waals surface area contributed by atoms with Gasteiger partial charge in [-0.3, -0.25) is 9.69 Å². The maximum atomic E-state index is 13.8. The molecule has 7 nitrogen and oxygen atoms in total. The molecule has 1 N–H and O–H groups in total. The molecule has 2 heterocycles. The van der Waals surface area contributed by atoms with E-state index in [-0.39, 0.29) is 25.3 Å². The van der Waals surface area contributed by atoms with E-state index in [1.54, 1.807) is 45.0 Å². The second-order valence-corrected chi connectivity index (χ2v) is 9.93. The molecule has 2 amide bonds. The van der Waals surface area contributed by atoms with Gasteiger partial charge in [0, 0.05) is 21.7 Å². The Balaban J connectivity index is 1.76. The summed E-state index contributed by atoms with van der Waals surface area (Å²) in [6, 6.07) is 11.8. The third-order valence-electron chi connectivity index (χ3n) is 6.00. The number of carbonyl (C=O) groups is 2. The van der Waals surface area contributed by atoms with Crippen LogP contribution in [0.5, 0.6) is 0 Å². The first-order valence-electron chi connectivity index (χ1n) is 11.1. The van der Waals surface area contributed by atoms with Crippen LogP contribution in [0.2, 0.25) is 5.02 Å². The molecule has 1 aromatic heterocycles. The number of benzene rings is 2. The van der Waals surface area contributed by atoms with Gasteiger partial charge < -0.3 is 10.0 Å². The first-order chi connectivity index (χ1) is 16.8. The van der Waals surface area contributed by atoms with Gasteiger partial charge in [-0.05, 0) is 45.0 Å². The largest absolute Gasteiger partial charge is 0.465 e. The molecule has 0 spiro atoms. The molecule has 3 aromatic rings. The number of carboxylic acid groups (broad SMARTS) is 1. The smallest absolute Gasteiger partial charge is 0.418 e. The minimum absolute atomic E-state index is 0.0491. The quantitative estimate of drug-likeness (QED) is 0.469. The minimum Gasteiger partial charge on any atom is -0.465 e. The number of para-hydroxylation sites is 1. The molecule has 0 saturated heterocycles. The lowest BCUT2D eigenvalue weighted by Gasteiger charge is -2.33. The van der Waals surface area contributed by atoms with Crippen molar-refractivity contribution in [2.75, 3.05) is 6.54 Å². The van der Waals surface area contributed by atoms with Gasteiger partial charge in [0.1, 0.15) is 6.54 Å². The molecule has 190 valence electrons. The molecule has 0 unspecified atom stereocenters. The molecule has 0 radical (unpaired) electrons. The molecule has 0 bridgehead atoms. The Morgan fingerprint density at radius 2 is 1.69 bits per heavy atom. The Morgan fingerprint density at radius 1 is 1.06 bits per heavy atom. The zero-order valence-electron chi connectivity index (χ0n) is 19.8. The van der Waals surface area contributed by atoms with Crippen LogP contribution in [-0.2, 0) is 24.1 Å². The van der Waals surface area contributed by atoms with Crippen molar-refractivity contribution in [2.24, 2.45) is 0 Å². The van der Waals surface area contributed by atoms with E-state index < -0.39 is 29.3 Å². The van der Waals surface area contributed by atoms with Gasteiger partial charge in [-0.2, -0.15) is 18.3 Å². The van der Waals surface area contributed by atoms with Crippen LogP contribution in [-0.4, -0.2) is 48.8 Å². The van der Waals surface area contributed by atoms with Crippen molar-refractivity contribution in [3.8, 4) is 16.9 Å². The molecule has 1 aliphatic rings. The third kappa shape index (κ3) is 4.90. The summed E-state index contributed by atoms with van der Waals surface area (Å²) in [5.41, 5.74) is 0.285. The maximum absolute atomic E-state index is 13.8. The number of halogens is 4. The predicted octanol–water partition coefficient (Wildman–Crippen LogP) is 5.83. The lowest BCUT2D eigenvalue weighted by Crippen LogP contribution is -2.50. The van der Waals surface area contributed by atoms with E-state index in [9.17, 15) is 27.9 Å². The SMILES string of the molecule is CC(C)(C)N(CC(=O)N1Cc2nn(-c3ccccc3C(F)(F)F)c(-c3ccc(Cl)cc3)c2C1)C(=O)O. The highest BCUT2D eigenvalue weighted by molar-refractivity contribution is 6.30. The third-order valence-corrected chi connectivity index (χ3v) is 6.25. The normalized spacial score (nSPS) is 13.6. The Labute approximate surface area is 210 Å². The number of hydrogen-bond acceptors (Lipinski definition) is 3. The number of hydrogen-bond donors (Lipinski definition) is 1. The summed E-state index contributed by atoms with van der Waals surface area (Å²) in [6.45, 7) is 4.85. The van der Waals surface area contributed by atoms with Crippen molar-refractivity contribution in [3.63, 3.8) is 0 Å². The van der Waals surface area contributed by atoms with E-state index in [0.717, 1.165) is 11.0 Å². The number of nitrogens with zero attached hydrogens (tertiary/aromatic N) is 4. The summed E-state index contributed by atoms with van der Waals surface area (Å²) >= 11 is 6.03. The molecular formula is C25H24ClF3N4O3. The summed E-state index contributed by atoms with van der Waals surface area (Å²) in [5, 5.41) is 14.5. The average molecular weight is 521 g/mol. The Morgan fingerprint density at radius 3 is 2.28 bits per heavy atom. The monoisotopic (exact) mass is 520 g/mol. The van der Waals surface area contributed by atoms with Crippen LogP contribution < -0.4 is 0 Å². The van der Waals surface area contributed by atoms with Gasteiger partial charge in [0.15, 0.2) is 0 Å². The summed E-state index contributed by atoms with van der Waals surface area (Å²) in [5.74, 6) is -0.422. The Bertz CT molecular complexity index is 1310. The molecule has 2 aromatic carbocycles. The van der Waals surface area contributed by atoms with Gasteiger partial charge >= 0.3 is 12.3 Å². The predicted molar refractivity (Wildman–Crippen MR) is 128 cm³/mol. The van der Waals surface area contributed by atoms with Crippen LogP contribution in [0.25, 0.3) is 16.9 Å². The first-order valence-corrected chi connectivity index (χ1v) is 11.5. The second kappa shape index (κ2) is 9.16. The molecule has 11 heteroatoms. The van der Waals surface area contributed by atoms with Gasteiger partial charge in [-0.25, -0.2) is 9.48 Å². The van der Waals surface area contributed by atoms with E-state index in [0.29, 0.717) is 27.5 Å². The van der Waals surface area contributed by atoms with E-state index in [1.165, 1.54) is 27.8 Å². The number of alkyl halides is 3. The summed E-state index contributed by atoms with van der Waals surface area (Å²) in [7, 11) is 0. The van der Waals surface area contributed by atoms with E-state index >= 15 is 0 Å². The average Bonchev–Trinajstić information content (AvgIpc) is 3.34. The fourth-order valence-corrected chi connectivity index (χ4v) is 4.32. The number of rotatable bonds is 4. The molecule has 1 aliphatic heterocycles. The topological polar surface area (TPSA) is 78.7 Å². The molecule has 0 atom stereocenters. The van der Waals surface area contributed by atoms with Crippen LogP contribution in [0.15, 0.2) is 48.5 Å². The number of amides is 2. The van der Waals surface area contributed by atoms with Gasteiger partial charge in [-0.15, -0.1) is 0 Å². The molecule has 0 saturated carbocycles. The standard InChI is InChI=1S/C25H24ClF3N4O3/c1-24(2,3)32(23(35)36)14-21(34)31-12-17-19(13-31)30-33(22(17)15-8-10-16(26)11-9-15)20-7-5-4-6-18(20)25(27,28)29/h4-11H,12-14H2,1-3H3,(H,35,36). The molecule has 0 aliphatic carbocycles. The second-order valence-electron chi connectivity index (χ2n) is 9.50. The van der Waals surface area contributed by atoms with Gasteiger partial charge in [0.2, 0.25) is 5.91 Å². The maximum Gasteiger partial charge on any atom is 0.418 e.